The van der Waals surface area contributed by atoms with Crippen molar-refractivity contribution in [2.75, 3.05) is 13.2 Å². The third kappa shape index (κ3) is 7.78. The second kappa shape index (κ2) is 10.8. The molecule has 0 unspecified atom stereocenters. The summed E-state index contributed by atoms with van der Waals surface area (Å²) in [7, 11) is 0. The Bertz CT molecular complexity index is 509. The third-order valence-corrected chi connectivity index (χ3v) is 3.52. The SMILES string of the molecule is CC(C)CCCOC(=O)CCCC(=O)OCC(F)(F)C(F)(F)C(F)(F)C(F)F. The number of carbonyl (C=O) groups excluding carboxylic acids is 2. The van der Waals surface area contributed by atoms with Crippen molar-refractivity contribution in [2.24, 2.45) is 5.92 Å². The van der Waals surface area contributed by atoms with E-state index >= 15 is 0 Å². The van der Waals surface area contributed by atoms with Crippen LogP contribution >= 0.6 is 0 Å². The first-order chi connectivity index (χ1) is 12.6. The summed E-state index contributed by atoms with van der Waals surface area (Å²) in [6, 6.07) is 0. The molecule has 12 heteroatoms. The molecular weight excluding hydrogens is 408 g/mol. The number of ether oxygens (including phenoxy) is 2. The molecule has 0 aliphatic rings. The van der Waals surface area contributed by atoms with Gasteiger partial charge in [-0.2, -0.15) is 26.3 Å². The van der Waals surface area contributed by atoms with Crippen molar-refractivity contribution in [1.29, 1.82) is 0 Å². The molecule has 0 rings (SSSR count). The first kappa shape index (κ1) is 26.4. The topological polar surface area (TPSA) is 52.6 Å². The maximum absolute atomic E-state index is 13.2. The summed E-state index contributed by atoms with van der Waals surface area (Å²) >= 11 is 0. The lowest BCUT2D eigenvalue weighted by Gasteiger charge is -2.31. The van der Waals surface area contributed by atoms with Crippen LogP contribution in [-0.4, -0.2) is 49.3 Å². The molecule has 0 radical (unpaired) electrons. The fraction of sp³-hybridized carbons (Fsp3) is 0.875. The summed E-state index contributed by atoms with van der Waals surface area (Å²) in [4.78, 5) is 22.6. The van der Waals surface area contributed by atoms with Crippen LogP contribution in [0.3, 0.4) is 0 Å². The monoisotopic (exact) mass is 430 g/mol. The van der Waals surface area contributed by atoms with E-state index in [9.17, 15) is 44.7 Å². The van der Waals surface area contributed by atoms with Gasteiger partial charge in [-0.15, -0.1) is 0 Å². The molecule has 0 spiro atoms. The zero-order chi connectivity index (χ0) is 22.2. The fourth-order valence-corrected chi connectivity index (χ4v) is 1.84. The van der Waals surface area contributed by atoms with Crippen LogP contribution in [0.4, 0.5) is 35.1 Å². The molecule has 166 valence electrons. The molecule has 0 saturated carbocycles. The van der Waals surface area contributed by atoms with E-state index in [1.165, 1.54) is 0 Å². The summed E-state index contributed by atoms with van der Waals surface area (Å²) in [5.41, 5.74) is 0. The molecule has 28 heavy (non-hydrogen) atoms. The number of alkyl halides is 8. The molecule has 4 nitrogen and oxygen atoms in total. The molecule has 0 N–H and O–H groups in total. The number of hydrogen-bond acceptors (Lipinski definition) is 4. The Hall–Kier alpha value is -1.62. The van der Waals surface area contributed by atoms with Crippen molar-refractivity contribution < 1.29 is 54.2 Å². The van der Waals surface area contributed by atoms with Gasteiger partial charge in [0.15, 0.2) is 6.61 Å². The Balaban J connectivity index is 4.32. The summed E-state index contributed by atoms with van der Waals surface area (Å²) in [6.07, 6.45) is -4.77. The van der Waals surface area contributed by atoms with Crippen molar-refractivity contribution in [3.63, 3.8) is 0 Å². The van der Waals surface area contributed by atoms with Gasteiger partial charge in [-0.3, -0.25) is 9.59 Å². The van der Waals surface area contributed by atoms with Gasteiger partial charge in [0.1, 0.15) is 0 Å². The van der Waals surface area contributed by atoms with Gasteiger partial charge >= 0.3 is 36.1 Å². The van der Waals surface area contributed by atoms with Crippen LogP contribution in [-0.2, 0) is 19.1 Å². The lowest BCUT2D eigenvalue weighted by atomic mass is 10.1. The van der Waals surface area contributed by atoms with Gasteiger partial charge in [-0.05, 0) is 25.2 Å². The zero-order valence-electron chi connectivity index (χ0n) is 15.3. The van der Waals surface area contributed by atoms with Crippen molar-refractivity contribution in [3.8, 4) is 0 Å². The Morgan fingerprint density at radius 1 is 0.857 bits per heavy atom. The second-order valence-corrected chi connectivity index (χ2v) is 6.47. The van der Waals surface area contributed by atoms with Crippen LogP contribution in [0.1, 0.15) is 46.0 Å². The normalized spacial score (nSPS) is 13.1. The first-order valence-corrected chi connectivity index (χ1v) is 8.38. The molecule has 0 aromatic rings. The average molecular weight is 430 g/mol. The van der Waals surface area contributed by atoms with Gasteiger partial charge in [0.25, 0.3) is 0 Å². The lowest BCUT2D eigenvalue weighted by molar-refractivity contribution is -0.344. The minimum atomic E-state index is -6.44. The van der Waals surface area contributed by atoms with Crippen LogP contribution in [0.2, 0.25) is 0 Å². The number of carbonyl (C=O) groups is 2. The van der Waals surface area contributed by atoms with Crippen LogP contribution < -0.4 is 0 Å². The first-order valence-electron chi connectivity index (χ1n) is 8.38. The molecular formula is C16H22F8O4. The van der Waals surface area contributed by atoms with Gasteiger partial charge in [0.05, 0.1) is 6.61 Å². The highest BCUT2D eigenvalue weighted by atomic mass is 19.4. The second-order valence-electron chi connectivity index (χ2n) is 6.47. The van der Waals surface area contributed by atoms with Crippen molar-refractivity contribution >= 4 is 11.9 Å². The molecule has 0 aromatic heterocycles. The van der Waals surface area contributed by atoms with Crippen molar-refractivity contribution in [1.82, 2.24) is 0 Å². The predicted octanol–water partition coefficient (Wildman–Crippen LogP) is 4.85. The van der Waals surface area contributed by atoms with Crippen LogP contribution in [0, 0.1) is 5.92 Å². The summed E-state index contributed by atoms with van der Waals surface area (Å²) in [5.74, 6) is -20.2. The highest BCUT2D eigenvalue weighted by Crippen LogP contribution is 2.48. The van der Waals surface area contributed by atoms with E-state index < -0.39 is 49.2 Å². The predicted molar refractivity (Wildman–Crippen MR) is 80.7 cm³/mol. The summed E-state index contributed by atoms with van der Waals surface area (Å²) in [5, 5.41) is 0. The maximum Gasteiger partial charge on any atom is 0.381 e. The molecule has 0 aliphatic carbocycles. The molecule has 0 amide bonds. The van der Waals surface area contributed by atoms with E-state index in [2.05, 4.69) is 4.74 Å². The van der Waals surface area contributed by atoms with Gasteiger partial charge < -0.3 is 9.47 Å². The third-order valence-electron chi connectivity index (χ3n) is 3.52. The highest BCUT2D eigenvalue weighted by Gasteiger charge is 2.75. The molecule has 0 heterocycles. The van der Waals surface area contributed by atoms with Gasteiger partial charge in [0, 0.05) is 12.8 Å². The molecule has 0 bridgehead atoms. The van der Waals surface area contributed by atoms with Crippen LogP contribution in [0.25, 0.3) is 0 Å². The lowest BCUT2D eigenvalue weighted by Crippen LogP contribution is -2.59. The van der Waals surface area contributed by atoms with E-state index in [4.69, 9.17) is 4.74 Å². The van der Waals surface area contributed by atoms with E-state index in [0.717, 1.165) is 6.42 Å². The Kier molecular flexibility index (Phi) is 10.2. The van der Waals surface area contributed by atoms with Gasteiger partial charge in [-0.1, -0.05) is 13.8 Å². The van der Waals surface area contributed by atoms with E-state index in [1.807, 2.05) is 13.8 Å². The molecule has 0 fully saturated rings. The average Bonchev–Trinajstić information content (AvgIpc) is 2.56. The minimum absolute atomic E-state index is 0.154. The Morgan fingerprint density at radius 3 is 1.82 bits per heavy atom. The largest absolute Gasteiger partial charge is 0.466 e. The molecule has 0 atom stereocenters. The standard InChI is InChI=1S/C16H22F8O4/c1-10(2)5-4-8-27-11(25)6-3-7-12(26)28-9-14(19,20)16(23,24)15(21,22)13(17)18/h10,13H,3-9H2,1-2H3. The van der Waals surface area contributed by atoms with Crippen LogP contribution in [0.15, 0.2) is 0 Å². The number of rotatable bonds is 13. The molecule has 0 aromatic carbocycles. The van der Waals surface area contributed by atoms with Crippen molar-refractivity contribution in [2.45, 2.75) is 70.1 Å². The quantitative estimate of drug-likeness (QED) is 0.238. The van der Waals surface area contributed by atoms with E-state index in [0.29, 0.717) is 12.3 Å². The number of hydrogen-bond donors (Lipinski definition) is 0. The fourth-order valence-electron chi connectivity index (χ4n) is 1.84. The van der Waals surface area contributed by atoms with Crippen molar-refractivity contribution in [3.05, 3.63) is 0 Å². The maximum atomic E-state index is 13.2. The highest BCUT2D eigenvalue weighted by molar-refractivity contribution is 5.72. The van der Waals surface area contributed by atoms with Crippen LogP contribution in [0.5, 0.6) is 0 Å². The zero-order valence-corrected chi connectivity index (χ0v) is 15.3. The van der Waals surface area contributed by atoms with E-state index in [-0.39, 0.29) is 19.4 Å². The molecule has 0 saturated heterocycles. The smallest absolute Gasteiger partial charge is 0.381 e. The van der Waals surface area contributed by atoms with Gasteiger partial charge in [0.2, 0.25) is 0 Å². The number of halogens is 8. The summed E-state index contributed by atoms with van der Waals surface area (Å²) in [6.45, 7) is 1.59. The minimum Gasteiger partial charge on any atom is -0.466 e. The molecule has 0 aliphatic heterocycles. The van der Waals surface area contributed by atoms with E-state index in [1.54, 1.807) is 0 Å². The summed E-state index contributed by atoms with van der Waals surface area (Å²) < 4.78 is 110. The Morgan fingerprint density at radius 2 is 1.36 bits per heavy atom. The Labute approximate surface area is 156 Å². The number of esters is 2. The van der Waals surface area contributed by atoms with Gasteiger partial charge in [-0.25, -0.2) is 8.78 Å².